The summed E-state index contributed by atoms with van der Waals surface area (Å²) in [6, 6.07) is 0. The van der Waals surface area contributed by atoms with Gasteiger partial charge in [0.1, 0.15) is 25.9 Å². The Morgan fingerprint density at radius 3 is 1.55 bits per heavy atom. The van der Waals surface area contributed by atoms with Crippen molar-refractivity contribution in [2.24, 2.45) is 0 Å². The summed E-state index contributed by atoms with van der Waals surface area (Å²) >= 11 is 0. The summed E-state index contributed by atoms with van der Waals surface area (Å²) < 4.78 is 26.8. The minimum Gasteiger partial charge on any atom is -0.756 e. The van der Waals surface area contributed by atoms with Crippen molar-refractivity contribution in [3.05, 3.63) is 85.1 Å². The van der Waals surface area contributed by atoms with Crippen LogP contribution in [0.3, 0.4) is 0 Å². The van der Waals surface area contributed by atoms with Gasteiger partial charge in [-0.05, 0) is 64.2 Å². The minimum absolute atomic E-state index is 0.0149. The Morgan fingerprint density at radius 1 is 0.653 bits per heavy atom. The smallest absolute Gasteiger partial charge is 0.305 e. The number of ether oxygens (including phenoxy) is 1. The molecule has 8 nitrogen and oxygen atoms in total. The lowest BCUT2D eigenvalue weighted by Gasteiger charge is -2.27. The molecular formula is C40H68NO7P. The number of phosphoric ester groups is 1. The molecule has 0 aliphatic heterocycles. The Morgan fingerprint density at radius 2 is 1.08 bits per heavy atom. The lowest BCUT2D eigenvalue weighted by molar-refractivity contribution is -0.870. The van der Waals surface area contributed by atoms with Crippen LogP contribution in [-0.2, 0) is 23.1 Å². The number of nitrogens with zero attached hydrogens (tertiary/aromatic N) is 1. The average Bonchev–Trinajstić information content (AvgIpc) is 3.05. The molecule has 0 saturated heterocycles. The first-order valence-electron chi connectivity index (χ1n) is 18.3. The topological polar surface area (TPSA) is 105 Å². The highest BCUT2D eigenvalue weighted by atomic mass is 31.2. The van der Waals surface area contributed by atoms with Gasteiger partial charge in [0.25, 0.3) is 7.82 Å². The fourth-order valence-electron chi connectivity index (χ4n) is 4.28. The van der Waals surface area contributed by atoms with Crippen LogP contribution < -0.4 is 4.89 Å². The second-order valence-electron chi connectivity index (χ2n) is 13.1. The highest BCUT2D eigenvalue weighted by Gasteiger charge is 2.16. The molecule has 0 rings (SSSR count). The number of allylic oxidation sites excluding steroid dienone is 14. The molecule has 2 atom stereocenters. The second kappa shape index (κ2) is 32.9. The van der Waals surface area contributed by atoms with E-state index in [0.29, 0.717) is 11.0 Å². The van der Waals surface area contributed by atoms with Crippen molar-refractivity contribution in [1.29, 1.82) is 0 Å². The van der Waals surface area contributed by atoms with Crippen molar-refractivity contribution >= 4 is 13.8 Å². The molecule has 0 spiro atoms. The summed E-state index contributed by atoms with van der Waals surface area (Å²) in [4.78, 5) is 23.7. The van der Waals surface area contributed by atoms with Gasteiger partial charge in [-0.25, -0.2) is 0 Å². The van der Waals surface area contributed by atoms with E-state index >= 15 is 0 Å². The fourth-order valence-corrected chi connectivity index (χ4v) is 5.01. The number of carbonyl (C=O) groups excluding carboxylic acids is 1. The number of carbonyl (C=O) groups is 1. The van der Waals surface area contributed by atoms with Crippen molar-refractivity contribution in [3.8, 4) is 0 Å². The molecule has 0 heterocycles. The number of quaternary nitrogens is 1. The number of aliphatic hydroxyl groups excluding tert-OH is 1. The van der Waals surface area contributed by atoms with Crippen LogP contribution in [0.4, 0.5) is 0 Å². The quantitative estimate of drug-likeness (QED) is 0.0245. The third-order valence-corrected chi connectivity index (χ3v) is 8.12. The molecule has 9 heteroatoms. The Bertz CT molecular complexity index is 1050. The summed E-state index contributed by atoms with van der Waals surface area (Å²) in [5.41, 5.74) is 0. The molecule has 280 valence electrons. The Hall–Kier alpha value is -2.32. The highest BCUT2D eigenvalue weighted by molar-refractivity contribution is 7.45. The molecule has 0 fully saturated rings. The van der Waals surface area contributed by atoms with Gasteiger partial charge >= 0.3 is 5.97 Å². The first kappa shape index (κ1) is 46.7. The predicted molar refractivity (Wildman–Crippen MR) is 203 cm³/mol. The Balaban J connectivity index is 3.60. The van der Waals surface area contributed by atoms with Gasteiger partial charge in [-0.15, -0.1) is 0 Å². The number of rotatable bonds is 32. The van der Waals surface area contributed by atoms with Crippen molar-refractivity contribution < 1.29 is 37.6 Å². The normalized spacial score (nSPS) is 15.0. The predicted octanol–water partition coefficient (Wildman–Crippen LogP) is 9.25. The van der Waals surface area contributed by atoms with Gasteiger partial charge in [-0.2, -0.15) is 0 Å². The summed E-state index contributed by atoms with van der Waals surface area (Å²) in [6.07, 6.45) is 45.9. The van der Waals surface area contributed by atoms with E-state index in [-0.39, 0.29) is 19.6 Å². The summed E-state index contributed by atoms with van der Waals surface area (Å²) in [7, 11) is 1.23. The monoisotopic (exact) mass is 705 g/mol. The molecule has 49 heavy (non-hydrogen) atoms. The van der Waals surface area contributed by atoms with E-state index in [2.05, 4.69) is 96.5 Å². The highest BCUT2D eigenvalue weighted by Crippen LogP contribution is 2.38. The lowest BCUT2D eigenvalue weighted by Crippen LogP contribution is -2.37. The standard InChI is InChI=1S/C40H68NO7P/c1-5-6-7-8-9-10-11-12-13-14-15-16-17-18-19-20-21-22-23-24-25-26-27-28-29-30-31-32-33-34-40(43)46-37-39(42)38-48-49(44,45)47-36-35-41(2,3)4/h6-7,9-10,12-13,15-16,18-19,21-22,24-25,39,42H,5,8,11,14,17,20,23,26-38H2,1-4H3/b7-6-,10-9-,13-12-,16-15-,19-18-,22-21-,25-24-. The summed E-state index contributed by atoms with van der Waals surface area (Å²) in [5, 5.41) is 9.86. The van der Waals surface area contributed by atoms with Gasteiger partial charge < -0.3 is 28.3 Å². The first-order chi connectivity index (χ1) is 23.6. The lowest BCUT2D eigenvalue weighted by atomic mass is 10.1. The van der Waals surface area contributed by atoms with Gasteiger partial charge in [-0.3, -0.25) is 9.36 Å². The van der Waals surface area contributed by atoms with E-state index in [4.69, 9.17) is 9.26 Å². The van der Waals surface area contributed by atoms with E-state index in [1.165, 1.54) is 19.3 Å². The second-order valence-corrected chi connectivity index (χ2v) is 14.5. The van der Waals surface area contributed by atoms with Crippen LogP contribution in [0.2, 0.25) is 0 Å². The number of aliphatic hydroxyl groups is 1. The molecule has 0 bridgehead atoms. The van der Waals surface area contributed by atoms with Crippen LogP contribution in [-0.4, -0.2) is 69.2 Å². The van der Waals surface area contributed by atoms with Crippen LogP contribution in [0.1, 0.15) is 110 Å². The maximum absolute atomic E-state index is 11.9. The molecule has 0 aliphatic carbocycles. The van der Waals surface area contributed by atoms with Crippen LogP contribution >= 0.6 is 7.82 Å². The van der Waals surface area contributed by atoms with Gasteiger partial charge in [-0.1, -0.05) is 124 Å². The van der Waals surface area contributed by atoms with Gasteiger partial charge in [0.2, 0.25) is 0 Å². The van der Waals surface area contributed by atoms with E-state index in [1.807, 2.05) is 21.1 Å². The number of phosphoric acid groups is 1. The van der Waals surface area contributed by atoms with Crippen molar-refractivity contribution in [2.45, 2.75) is 116 Å². The van der Waals surface area contributed by atoms with Crippen molar-refractivity contribution in [1.82, 2.24) is 0 Å². The van der Waals surface area contributed by atoms with E-state index in [0.717, 1.165) is 77.0 Å². The third-order valence-electron chi connectivity index (χ3n) is 7.16. The first-order valence-corrected chi connectivity index (χ1v) is 19.8. The van der Waals surface area contributed by atoms with Crippen LogP contribution in [0.25, 0.3) is 0 Å². The van der Waals surface area contributed by atoms with Crippen LogP contribution in [0.15, 0.2) is 85.1 Å². The largest absolute Gasteiger partial charge is 0.756 e. The molecule has 0 aromatic heterocycles. The van der Waals surface area contributed by atoms with Crippen molar-refractivity contribution in [3.63, 3.8) is 0 Å². The molecule has 0 saturated carbocycles. The van der Waals surface area contributed by atoms with Gasteiger partial charge in [0.15, 0.2) is 0 Å². The van der Waals surface area contributed by atoms with E-state index in [1.54, 1.807) is 0 Å². The minimum atomic E-state index is -4.51. The van der Waals surface area contributed by atoms with Gasteiger partial charge in [0, 0.05) is 6.42 Å². The fraction of sp³-hybridized carbons (Fsp3) is 0.625. The molecule has 0 radical (unpaired) electrons. The molecule has 0 amide bonds. The molecule has 0 aromatic carbocycles. The zero-order chi connectivity index (χ0) is 36.3. The number of hydrogen-bond donors (Lipinski definition) is 1. The number of hydrogen-bond acceptors (Lipinski definition) is 7. The van der Waals surface area contributed by atoms with Crippen LogP contribution in [0.5, 0.6) is 0 Å². The molecule has 2 unspecified atom stereocenters. The SMILES string of the molecule is CC/C=C\C/C=C\C/C=C\C/C=C\C/C=C\C/C=C\C/C=C\CCCCCCCCCC(=O)OCC(O)COP(=O)([O-])OCC[N+](C)(C)C. The molecule has 0 aromatic rings. The molecular weight excluding hydrogens is 637 g/mol. The third kappa shape index (κ3) is 38.3. The number of likely N-dealkylation sites (N-methyl/N-ethyl adjacent to an activating group) is 1. The number of unbranched alkanes of at least 4 members (excludes halogenated alkanes) is 7. The summed E-state index contributed by atoms with van der Waals surface area (Å²) in [6.45, 7) is 1.80. The van der Waals surface area contributed by atoms with Gasteiger partial charge in [0.05, 0.1) is 27.7 Å². The van der Waals surface area contributed by atoms with E-state index in [9.17, 15) is 19.4 Å². The molecule has 1 N–H and O–H groups in total. The van der Waals surface area contributed by atoms with E-state index < -0.39 is 26.5 Å². The number of esters is 1. The van der Waals surface area contributed by atoms with Crippen LogP contribution in [0, 0.1) is 0 Å². The zero-order valence-electron chi connectivity index (χ0n) is 31.1. The maximum Gasteiger partial charge on any atom is 0.305 e. The average molecular weight is 706 g/mol. The Kier molecular flexibility index (Phi) is 31.3. The Labute approximate surface area is 299 Å². The zero-order valence-corrected chi connectivity index (χ0v) is 32.0. The molecule has 0 aliphatic rings. The summed E-state index contributed by atoms with van der Waals surface area (Å²) in [5.74, 6) is -0.403. The maximum atomic E-state index is 11.9. The van der Waals surface area contributed by atoms with Crippen molar-refractivity contribution in [2.75, 3.05) is 47.5 Å².